The van der Waals surface area contributed by atoms with E-state index in [4.69, 9.17) is 5.11 Å². The van der Waals surface area contributed by atoms with Gasteiger partial charge in [-0.3, -0.25) is 4.68 Å². The predicted octanol–water partition coefficient (Wildman–Crippen LogP) is 2.54. The topological polar surface area (TPSA) is 67.2 Å². The van der Waals surface area contributed by atoms with Gasteiger partial charge in [-0.05, 0) is 24.3 Å². The molecule has 0 amide bonds. The summed E-state index contributed by atoms with van der Waals surface area (Å²) in [6.45, 7) is 0.649. The van der Waals surface area contributed by atoms with Gasteiger partial charge in [-0.2, -0.15) is 5.10 Å². The van der Waals surface area contributed by atoms with E-state index in [9.17, 15) is 4.79 Å². The maximum absolute atomic E-state index is 11.1. The molecule has 0 aliphatic heterocycles. The Morgan fingerprint density at radius 1 is 1.47 bits per heavy atom. The monoisotopic (exact) mass is 323 g/mol. The van der Waals surface area contributed by atoms with Crippen LogP contribution in [0.4, 0.5) is 5.69 Å². The van der Waals surface area contributed by atoms with E-state index in [0.29, 0.717) is 12.2 Å². The molecule has 100 valence electrons. The molecule has 1 heterocycles. The zero-order chi connectivity index (χ0) is 13.8. The molecular weight excluding hydrogens is 310 g/mol. The second-order valence-electron chi connectivity index (χ2n) is 4.12. The van der Waals surface area contributed by atoms with E-state index in [1.54, 1.807) is 29.1 Å². The second-order valence-corrected chi connectivity index (χ2v) is 5.03. The van der Waals surface area contributed by atoms with Crippen molar-refractivity contribution in [1.29, 1.82) is 0 Å². The molecular formula is C13H14BrN3O2. The fourth-order valence-corrected chi connectivity index (χ4v) is 2.18. The minimum absolute atomic E-state index is 0.271. The van der Waals surface area contributed by atoms with Crippen LogP contribution < -0.4 is 5.32 Å². The molecule has 6 heteroatoms. The quantitative estimate of drug-likeness (QED) is 0.887. The van der Waals surface area contributed by atoms with Crippen LogP contribution in [-0.4, -0.2) is 27.4 Å². The van der Waals surface area contributed by atoms with Crippen molar-refractivity contribution in [1.82, 2.24) is 9.78 Å². The van der Waals surface area contributed by atoms with Crippen LogP contribution in [0.3, 0.4) is 0 Å². The van der Waals surface area contributed by atoms with Gasteiger partial charge < -0.3 is 10.4 Å². The first-order chi connectivity index (χ1) is 9.08. The molecule has 0 bridgehead atoms. The lowest BCUT2D eigenvalue weighted by atomic mass is 10.1. The maximum Gasteiger partial charge on any atom is 0.337 e. The number of carbonyl (C=O) groups is 1. The van der Waals surface area contributed by atoms with E-state index in [1.807, 2.05) is 13.1 Å². The van der Waals surface area contributed by atoms with Crippen molar-refractivity contribution in [3.05, 3.63) is 46.2 Å². The Morgan fingerprint density at radius 3 is 2.89 bits per heavy atom. The van der Waals surface area contributed by atoms with Gasteiger partial charge in [-0.15, -0.1) is 0 Å². The number of anilines is 1. The lowest BCUT2D eigenvalue weighted by molar-refractivity contribution is 0.0698. The molecule has 0 radical (unpaired) electrons. The van der Waals surface area contributed by atoms with E-state index < -0.39 is 5.97 Å². The van der Waals surface area contributed by atoms with Crippen molar-refractivity contribution in [2.24, 2.45) is 7.05 Å². The fourth-order valence-electron chi connectivity index (χ4n) is 1.82. The SMILES string of the molecule is Cn1nccc1CCNc1cc(Br)ccc1C(=O)O. The first kappa shape index (κ1) is 13.6. The highest BCUT2D eigenvalue weighted by atomic mass is 79.9. The molecule has 0 aliphatic rings. The maximum atomic E-state index is 11.1. The molecule has 0 spiro atoms. The van der Waals surface area contributed by atoms with E-state index in [1.165, 1.54) is 0 Å². The summed E-state index contributed by atoms with van der Waals surface area (Å²) >= 11 is 3.34. The Morgan fingerprint density at radius 2 is 2.26 bits per heavy atom. The first-order valence-corrected chi connectivity index (χ1v) is 6.61. The zero-order valence-electron chi connectivity index (χ0n) is 10.4. The van der Waals surface area contributed by atoms with Crippen molar-refractivity contribution in [2.75, 3.05) is 11.9 Å². The Labute approximate surface area is 119 Å². The van der Waals surface area contributed by atoms with Gasteiger partial charge in [0.2, 0.25) is 0 Å². The molecule has 0 saturated carbocycles. The van der Waals surface area contributed by atoms with Gasteiger partial charge in [-0.1, -0.05) is 15.9 Å². The van der Waals surface area contributed by atoms with Crippen LogP contribution in [0, 0.1) is 0 Å². The van der Waals surface area contributed by atoms with Crippen LogP contribution in [0.5, 0.6) is 0 Å². The highest BCUT2D eigenvalue weighted by Gasteiger charge is 2.10. The number of aromatic carboxylic acids is 1. The number of nitrogens with one attached hydrogen (secondary N) is 1. The zero-order valence-corrected chi connectivity index (χ0v) is 12.0. The van der Waals surface area contributed by atoms with E-state index in [2.05, 4.69) is 26.3 Å². The van der Waals surface area contributed by atoms with Gasteiger partial charge in [0, 0.05) is 42.1 Å². The van der Waals surface area contributed by atoms with E-state index in [-0.39, 0.29) is 5.56 Å². The molecule has 0 aliphatic carbocycles. The molecule has 0 atom stereocenters. The second kappa shape index (κ2) is 5.88. The van der Waals surface area contributed by atoms with Crippen molar-refractivity contribution in [2.45, 2.75) is 6.42 Å². The summed E-state index contributed by atoms with van der Waals surface area (Å²) in [5.74, 6) is -0.935. The molecule has 0 unspecified atom stereocenters. The van der Waals surface area contributed by atoms with Crippen LogP contribution in [0.1, 0.15) is 16.1 Å². The molecule has 2 rings (SSSR count). The number of aromatic nitrogens is 2. The van der Waals surface area contributed by atoms with Crippen LogP contribution in [0.2, 0.25) is 0 Å². The van der Waals surface area contributed by atoms with Crippen LogP contribution >= 0.6 is 15.9 Å². The van der Waals surface area contributed by atoms with Crippen molar-refractivity contribution >= 4 is 27.6 Å². The molecule has 2 aromatic rings. The third kappa shape index (κ3) is 3.35. The molecule has 0 saturated heterocycles. The Bertz CT molecular complexity index is 595. The largest absolute Gasteiger partial charge is 0.478 e. The van der Waals surface area contributed by atoms with Gasteiger partial charge >= 0.3 is 5.97 Å². The summed E-state index contributed by atoms with van der Waals surface area (Å²) in [6, 6.07) is 7.02. The first-order valence-electron chi connectivity index (χ1n) is 5.81. The van der Waals surface area contributed by atoms with Crippen molar-refractivity contribution in [3.8, 4) is 0 Å². The lowest BCUT2D eigenvalue weighted by Gasteiger charge is -2.10. The highest BCUT2D eigenvalue weighted by Crippen LogP contribution is 2.21. The van der Waals surface area contributed by atoms with E-state index >= 15 is 0 Å². The van der Waals surface area contributed by atoms with Crippen molar-refractivity contribution < 1.29 is 9.90 Å². The molecule has 2 N–H and O–H groups in total. The van der Waals surface area contributed by atoms with Gasteiger partial charge in [0.05, 0.1) is 5.56 Å². The van der Waals surface area contributed by atoms with Crippen LogP contribution in [0.25, 0.3) is 0 Å². The summed E-state index contributed by atoms with van der Waals surface area (Å²) in [5.41, 5.74) is 1.98. The standard InChI is InChI=1S/C13H14BrN3O2/c1-17-10(5-7-16-17)4-6-15-12-8-9(14)2-3-11(12)13(18)19/h2-3,5,7-8,15H,4,6H2,1H3,(H,18,19). The third-order valence-electron chi connectivity index (χ3n) is 2.83. The number of hydrogen-bond donors (Lipinski definition) is 2. The average molecular weight is 324 g/mol. The van der Waals surface area contributed by atoms with Gasteiger partial charge in [0.1, 0.15) is 0 Å². The number of carboxylic acid groups (broad SMARTS) is 1. The predicted molar refractivity (Wildman–Crippen MR) is 76.5 cm³/mol. The molecule has 19 heavy (non-hydrogen) atoms. The fraction of sp³-hybridized carbons (Fsp3) is 0.231. The summed E-state index contributed by atoms with van der Waals surface area (Å²) in [4.78, 5) is 11.1. The summed E-state index contributed by atoms with van der Waals surface area (Å²) in [7, 11) is 1.89. The minimum Gasteiger partial charge on any atom is -0.478 e. The Kier molecular flexibility index (Phi) is 4.21. The number of nitrogens with zero attached hydrogens (tertiary/aromatic N) is 2. The number of rotatable bonds is 5. The van der Waals surface area contributed by atoms with Crippen molar-refractivity contribution in [3.63, 3.8) is 0 Å². The number of carboxylic acids is 1. The smallest absolute Gasteiger partial charge is 0.337 e. The minimum atomic E-state index is -0.935. The van der Waals surface area contributed by atoms with Gasteiger partial charge in [0.15, 0.2) is 0 Å². The highest BCUT2D eigenvalue weighted by molar-refractivity contribution is 9.10. The summed E-state index contributed by atoms with van der Waals surface area (Å²) in [6.07, 6.45) is 2.53. The molecule has 5 nitrogen and oxygen atoms in total. The average Bonchev–Trinajstić information content (AvgIpc) is 2.75. The van der Waals surface area contributed by atoms with E-state index in [0.717, 1.165) is 16.6 Å². The summed E-state index contributed by atoms with van der Waals surface area (Å²) < 4.78 is 2.65. The molecule has 1 aromatic carbocycles. The number of aryl methyl sites for hydroxylation is 1. The normalized spacial score (nSPS) is 10.4. The molecule has 1 aromatic heterocycles. The number of halogens is 1. The number of hydrogen-bond acceptors (Lipinski definition) is 3. The summed E-state index contributed by atoms with van der Waals surface area (Å²) in [5, 5.41) is 16.4. The third-order valence-corrected chi connectivity index (χ3v) is 3.32. The Balaban J connectivity index is 2.05. The lowest BCUT2D eigenvalue weighted by Crippen LogP contribution is -2.11. The van der Waals surface area contributed by atoms with Gasteiger partial charge in [0.25, 0.3) is 0 Å². The molecule has 0 fully saturated rings. The van der Waals surface area contributed by atoms with Crippen LogP contribution in [-0.2, 0) is 13.5 Å². The Hall–Kier alpha value is -1.82. The van der Waals surface area contributed by atoms with Gasteiger partial charge in [-0.25, -0.2) is 4.79 Å². The van der Waals surface area contributed by atoms with Crippen LogP contribution in [0.15, 0.2) is 34.9 Å². The number of benzene rings is 1.